The van der Waals surface area contributed by atoms with Crippen molar-refractivity contribution >= 4 is 27.3 Å². The van der Waals surface area contributed by atoms with Crippen molar-refractivity contribution in [1.82, 2.24) is 0 Å². The molecule has 1 saturated carbocycles. The van der Waals surface area contributed by atoms with E-state index in [0.29, 0.717) is 12.5 Å². The molecule has 0 radical (unpaired) electrons. The number of thioether (sulfide) groups is 1. The summed E-state index contributed by atoms with van der Waals surface area (Å²) in [7, 11) is -5.70. The quantitative estimate of drug-likeness (QED) is 0.734. The predicted octanol–water partition coefficient (Wildman–Crippen LogP) is 3.18. The molecule has 0 aromatic heterocycles. The number of hydrogen-bond acceptors (Lipinski definition) is 5. The molecular formula is C14H17F4NO3S2. The molecule has 4 nitrogen and oxygen atoms in total. The predicted molar refractivity (Wildman–Crippen MR) is 84.2 cm³/mol. The number of alkyl halides is 3. The minimum atomic E-state index is -5.70. The Hall–Kier alpha value is -1.00. The van der Waals surface area contributed by atoms with Crippen molar-refractivity contribution < 1.29 is 31.1 Å². The lowest BCUT2D eigenvalue weighted by Gasteiger charge is -2.45. The monoisotopic (exact) mass is 387 g/mol. The van der Waals surface area contributed by atoms with Crippen LogP contribution in [-0.2, 0) is 9.84 Å². The van der Waals surface area contributed by atoms with E-state index in [9.17, 15) is 31.1 Å². The first-order valence-electron chi connectivity index (χ1n) is 7.20. The van der Waals surface area contributed by atoms with Crippen LogP contribution in [0.3, 0.4) is 0 Å². The molecular weight excluding hydrogens is 370 g/mol. The van der Waals surface area contributed by atoms with Gasteiger partial charge in [0.2, 0.25) is 0 Å². The van der Waals surface area contributed by atoms with Gasteiger partial charge in [0, 0.05) is 11.8 Å². The summed E-state index contributed by atoms with van der Waals surface area (Å²) in [5.74, 6) is -0.317. The van der Waals surface area contributed by atoms with Crippen LogP contribution >= 0.6 is 11.8 Å². The van der Waals surface area contributed by atoms with E-state index in [-0.39, 0.29) is 17.5 Å². The van der Waals surface area contributed by atoms with Crippen molar-refractivity contribution in [3.05, 3.63) is 24.0 Å². The molecule has 2 unspecified atom stereocenters. The van der Waals surface area contributed by atoms with Gasteiger partial charge in [-0.15, -0.1) is 0 Å². The van der Waals surface area contributed by atoms with E-state index >= 15 is 0 Å². The van der Waals surface area contributed by atoms with Crippen LogP contribution in [0.4, 0.5) is 23.2 Å². The first kappa shape index (κ1) is 19.3. The van der Waals surface area contributed by atoms with Crippen LogP contribution in [0.5, 0.6) is 0 Å². The van der Waals surface area contributed by atoms with Crippen LogP contribution in [0, 0.1) is 5.82 Å². The average molecular weight is 387 g/mol. The molecule has 10 heteroatoms. The Labute approximate surface area is 141 Å². The molecule has 1 fully saturated rings. The molecule has 1 aliphatic carbocycles. The van der Waals surface area contributed by atoms with E-state index in [0.717, 1.165) is 24.3 Å². The molecule has 0 spiro atoms. The van der Waals surface area contributed by atoms with Crippen LogP contribution < -0.4 is 5.32 Å². The first-order valence-corrected chi connectivity index (χ1v) is 9.73. The molecule has 1 aromatic carbocycles. The average Bonchev–Trinajstić information content (AvgIpc) is 2.48. The van der Waals surface area contributed by atoms with Crippen molar-refractivity contribution in [1.29, 1.82) is 0 Å². The van der Waals surface area contributed by atoms with Crippen molar-refractivity contribution in [2.75, 3.05) is 17.6 Å². The summed E-state index contributed by atoms with van der Waals surface area (Å²) in [5, 5.41) is 12.9. The summed E-state index contributed by atoms with van der Waals surface area (Å²) >= 11 is 1.53. The van der Waals surface area contributed by atoms with Gasteiger partial charge in [0.15, 0.2) is 0 Å². The molecule has 2 rings (SSSR count). The third-order valence-electron chi connectivity index (χ3n) is 3.93. The molecule has 0 amide bonds. The molecule has 0 heterocycles. The fourth-order valence-corrected chi connectivity index (χ4v) is 4.62. The lowest BCUT2D eigenvalue weighted by atomic mass is 9.79. The summed E-state index contributed by atoms with van der Waals surface area (Å²) in [5.41, 5.74) is -7.05. The summed E-state index contributed by atoms with van der Waals surface area (Å²) in [6.07, 6.45) is 1.23. The summed E-state index contributed by atoms with van der Waals surface area (Å²) in [4.78, 5) is -1.18. The molecule has 0 saturated heterocycles. The normalized spacial score (nSPS) is 24.5. The lowest BCUT2D eigenvalue weighted by Crippen LogP contribution is -2.54. The van der Waals surface area contributed by atoms with Gasteiger partial charge in [-0.25, -0.2) is 12.8 Å². The van der Waals surface area contributed by atoms with Crippen molar-refractivity contribution in [2.24, 2.45) is 0 Å². The van der Waals surface area contributed by atoms with E-state index in [2.05, 4.69) is 5.32 Å². The van der Waals surface area contributed by atoms with E-state index < -0.39 is 31.7 Å². The second-order valence-corrected chi connectivity index (χ2v) is 8.92. The molecule has 1 aliphatic rings. The summed E-state index contributed by atoms with van der Waals surface area (Å²) < 4.78 is 74.7. The van der Waals surface area contributed by atoms with E-state index in [1.807, 2.05) is 6.92 Å². The highest BCUT2D eigenvalue weighted by Crippen LogP contribution is 2.42. The molecule has 2 N–H and O–H groups in total. The number of anilines is 1. The zero-order chi connectivity index (χ0) is 18.2. The highest BCUT2D eigenvalue weighted by Gasteiger charge is 2.49. The third-order valence-corrected chi connectivity index (χ3v) is 6.87. The topological polar surface area (TPSA) is 66.4 Å². The molecule has 0 bridgehead atoms. The molecule has 0 aliphatic heterocycles. The number of halogens is 4. The lowest BCUT2D eigenvalue weighted by molar-refractivity contribution is -0.0435. The Kier molecular flexibility index (Phi) is 5.41. The van der Waals surface area contributed by atoms with Crippen LogP contribution in [0.15, 0.2) is 23.1 Å². The SMILES string of the molecule is CCSC1CCC1(O)CNc1ccc(F)cc1S(=O)(=O)C(F)(F)F. The Morgan fingerprint density at radius 3 is 2.58 bits per heavy atom. The van der Waals surface area contributed by atoms with Gasteiger partial charge in [-0.2, -0.15) is 24.9 Å². The molecule has 1 aromatic rings. The maximum atomic E-state index is 13.3. The van der Waals surface area contributed by atoms with Gasteiger partial charge in [0.25, 0.3) is 9.84 Å². The fraction of sp³-hybridized carbons (Fsp3) is 0.571. The maximum Gasteiger partial charge on any atom is 0.501 e. The Morgan fingerprint density at radius 1 is 1.42 bits per heavy atom. The highest BCUT2D eigenvalue weighted by atomic mass is 32.2. The molecule has 2 atom stereocenters. The summed E-state index contributed by atoms with van der Waals surface area (Å²) in [6, 6.07) is 2.12. The van der Waals surface area contributed by atoms with Crippen molar-refractivity contribution in [3.63, 3.8) is 0 Å². The van der Waals surface area contributed by atoms with Gasteiger partial charge in [-0.3, -0.25) is 0 Å². The number of nitrogens with one attached hydrogen (secondary N) is 1. The van der Waals surface area contributed by atoms with Gasteiger partial charge >= 0.3 is 5.51 Å². The van der Waals surface area contributed by atoms with Gasteiger partial charge in [-0.1, -0.05) is 6.92 Å². The zero-order valence-electron chi connectivity index (χ0n) is 12.7. The molecule has 136 valence electrons. The van der Waals surface area contributed by atoms with Crippen LogP contribution in [0.25, 0.3) is 0 Å². The third kappa shape index (κ3) is 3.65. The summed E-state index contributed by atoms with van der Waals surface area (Å²) in [6.45, 7) is 1.81. The molecule has 24 heavy (non-hydrogen) atoms. The number of aliphatic hydroxyl groups is 1. The minimum Gasteiger partial charge on any atom is -0.387 e. The van der Waals surface area contributed by atoms with Crippen LogP contribution in [-0.4, -0.2) is 42.2 Å². The van der Waals surface area contributed by atoms with Crippen molar-refractivity contribution in [2.45, 2.75) is 41.0 Å². The Bertz CT molecular complexity index is 708. The Morgan fingerprint density at radius 2 is 2.08 bits per heavy atom. The number of sulfone groups is 1. The number of benzene rings is 1. The fourth-order valence-electron chi connectivity index (χ4n) is 2.47. The van der Waals surface area contributed by atoms with Crippen LogP contribution in [0.1, 0.15) is 19.8 Å². The van der Waals surface area contributed by atoms with Crippen LogP contribution in [0.2, 0.25) is 0 Å². The zero-order valence-corrected chi connectivity index (χ0v) is 14.4. The largest absolute Gasteiger partial charge is 0.501 e. The van der Waals surface area contributed by atoms with E-state index in [1.54, 1.807) is 0 Å². The van der Waals surface area contributed by atoms with E-state index in [1.165, 1.54) is 11.8 Å². The number of hydrogen-bond donors (Lipinski definition) is 2. The first-order chi connectivity index (χ1) is 11.0. The Balaban J connectivity index is 2.26. The van der Waals surface area contributed by atoms with Crippen molar-refractivity contribution in [3.8, 4) is 0 Å². The second-order valence-electron chi connectivity index (χ2n) is 5.53. The second kappa shape index (κ2) is 6.72. The van der Waals surface area contributed by atoms with Gasteiger partial charge in [0.1, 0.15) is 10.7 Å². The van der Waals surface area contributed by atoms with Gasteiger partial charge < -0.3 is 10.4 Å². The number of rotatable bonds is 6. The minimum absolute atomic E-state index is 0.0712. The highest BCUT2D eigenvalue weighted by molar-refractivity contribution is 8.00. The van der Waals surface area contributed by atoms with E-state index in [4.69, 9.17) is 0 Å². The van der Waals surface area contributed by atoms with Gasteiger partial charge in [0.05, 0.1) is 11.3 Å². The van der Waals surface area contributed by atoms with Gasteiger partial charge in [-0.05, 0) is 36.8 Å². The standard InChI is InChI=1S/C14H17F4NO3S2/c1-2-23-12-5-6-13(12,20)8-19-10-4-3-9(15)7-11(10)24(21,22)14(16,17)18/h3-4,7,12,19-20H,2,5-6,8H2,1H3. The maximum absolute atomic E-state index is 13.3. The smallest absolute Gasteiger partial charge is 0.387 e.